The van der Waals surface area contributed by atoms with Gasteiger partial charge in [-0.05, 0) is 62.3 Å². The van der Waals surface area contributed by atoms with Gasteiger partial charge in [0, 0.05) is 17.0 Å². The van der Waals surface area contributed by atoms with Crippen molar-refractivity contribution >= 4 is 50.0 Å². The van der Waals surface area contributed by atoms with E-state index in [4.69, 9.17) is 4.74 Å². The van der Waals surface area contributed by atoms with Gasteiger partial charge in [-0.1, -0.05) is 17.4 Å². The molecular weight excluding hydrogens is 477 g/mol. The van der Waals surface area contributed by atoms with Crippen LogP contribution in [0.3, 0.4) is 0 Å². The molecule has 1 amide bonds. The largest absolute Gasteiger partial charge is 0.437 e. The van der Waals surface area contributed by atoms with Gasteiger partial charge in [-0.3, -0.25) is 4.79 Å². The van der Waals surface area contributed by atoms with Gasteiger partial charge < -0.3 is 15.0 Å². The Kier molecular flexibility index (Phi) is 6.09. The number of rotatable bonds is 7. The molecule has 9 nitrogen and oxygen atoms in total. The van der Waals surface area contributed by atoms with Crippen molar-refractivity contribution in [1.29, 1.82) is 0 Å². The highest BCUT2D eigenvalue weighted by atomic mass is 32.2. The molecule has 0 fully saturated rings. The molecule has 0 aliphatic carbocycles. The molecule has 0 saturated heterocycles. The predicted molar refractivity (Wildman–Crippen MR) is 128 cm³/mol. The topological polar surface area (TPSA) is 97.5 Å². The third-order valence-corrected chi connectivity index (χ3v) is 6.36. The van der Waals surface area contributed by atoms with Crippen molar-refractivity contribution in [3.05, 3.63) is 60.4 Å². The zero-order valence-corrected chi connectivity index (χ0v) is 19.7. The molecular formula is C22H18FN7O2S2. The van der Waals surface area contributed by atoms with Gasteiger partial charge in [-0.25, -0.2) is 9.37 Å². The van der Waals surface area contributed by atoms with Gasteiger partial charge in [0.25, 0.3) is 0 Å². The summed E-state index contributed by atoms with van der Waals surface area (Å²) < 4.78 is 21.6. The van der Waals surface area contributed by atoms with Gasteiger partial charge in [0.15, 0.2) is 10.8 Å². The van der Waals surface area contributed by atoms with Crippen LogP contribution in [-0.4, -0.2) is 56.2 Å². The second-order valence-corrected chi connectivity index (χ2v) is 9.59. The average molecular weight is 496 g/mol. The maximum Gasteiger partial charge on any atom is 0.240 e. The monoisotopic (exact) mass is 495 g/mol. The highest BCUT2D eigenvalue weighted by Gasteiger charge is 2.13. The number of anilines is 1. The molecule has 1 N–H and O–H groups in total. The van der Waals surface area contributed by atoms with Crippen molar-refractivity contribution in [3.8, 4) is 11.6 Å². The lowest BCUT2D eigenvalue weighted by molar-refractivity contribution is -0.116. The molecule has 5 rings (SSSR count). The van der Waals surface area contributed by atoms with E-state index in [9.17, 15) is 9.18 Å². The Bertz CT molecular complexity index is 1500. The minimum atomic E-state index is -0.391. The lowest BCUT2D eigenvalue weighted by Crippen LogP contribution is -2.26. The van der Waals surface area contributed by atoms with Crippen molar-refractivity contribution in [2.45, 2.75) is 10.1 Å². The molecule has 0 unspecified atom stereocenters. The van der Waals surface area contributed by atoms with Crippen molar-refractivity contribution in [1.82, 2.24) is 29.7 Å². The quantitative estimate of drug-likeness (QED) is 0.357. The van der Waals surface area contributed by atoms with Crippen molar-refractivity contribution in [2.75, 3.05) is 26.0 Å². The van der Waals surface area contributed by atoms with Crippen LogP contribution < -0.4 is 10.1 Å². The molecule has 2 aromatic carbocycles. The highest BCUT2D eigenvalue weighted by molar-refractivity contribution is 7.99. The van der Waals surface area contributed by atoms with E-state index >= 15 is 0 Å². The van der Waals surface area contributed by atoms with Gasteiger partial charge in [0.05, 0.1) is 16.8 Å². The number of likely N-dealkylation sites (N-methyl/N-ethyl adjacent to an activating group) is 1. The second-order valence-electron chi connectivity index (χ2n) is 7.52. The maximum absolute atomic E-state index is 13.4. The number of carbonyl (C=O) groups is 1. The molecule has 12 heteroatoms. The Balaban J connectivity index is 1.36. The molecule has 0 atom stereocenters. The summed E-state index contributed by atoms with van der Waals surface area (Å²) in [4.78, 5) is 19.2. The molecule has 3 aromatic heterocycles. The van der Waals surface area contributed by atoms with Crippen LogP contribution in [0.25, 0.3) is 15.9 Å². The van der Waals surface area contributed by atoms with Crippen LogP contribution in [0.2, 0.25) is 0 Å². The van der Waals surface area contributed by atoms with E-state index < -0.39 is 5.82 Å². The molecule has 0 bridgehead atoms. The summed E-state index contributed by atoms with van der Waals surface area (Å²) in [6.45, 7) is 0.287. The van der Waals surface area contributed by atoms with E-state index in [2.05, 4.69) is 25.6 Å². The van der Waals surface area contributed by atoms with Crippen LogP contribution in [0.15, 0.2) is 64.6 Å². The van der Waals surface area contributed by atoms with Crippen LogP contribution in [0.1, 0.15) is 0 Å². The molecule has 3 heterocycles. The molecule has 0 saturated carbocycles. The minimum Gasteiger partial charge on any atom is -0.437 e. The van der Waals surface area contributed by atoms with E-state index in [1.54, 1.807) is 33.7 Å². The van der Waals surface area contributed by atoms with Crippen LogP contribution in [0.5, 0.6) is 11.6 Å². The number of aromatic nitrogens is 5. The number of thiazole rings is 1. The maximum atomic E-state index is 13.4. The Morgan fingerprint density at radius 3 is 2.88 bits per heavy atom. The van der Waals surface area contributed by atoms with Gasteiger partial charge in [0.2, 0.25) is 16.9 Å². The fraction of sp³-hybridized carbons (Fsp3) is 0.136. The number of halogens is 1. The number of nitrogens with zero attached hydrogens (tertiary/aromatic N) is 6. The number of nitrogens with one attached hydrogen (secondary N) is 1. The molecule has 34 heavy (non-hydrogen) atoms. The Hall–Kier alpha value is -3.61. The summed E-state index contributed by atoms with van der Waals surface area (Å²) >= 11 is 2.79. The normalized spacial score (nSPS) is 11.4. The first-order valence-electron chi connectivity index (χ1n) is 10.1. The second kappa shape index (κ2) is 9.33. The Labute approximate surface area is 201 Å². The number of carbonyl (C=O) groups excluding carboxylic acids is 1. The first-order valence-corrected chi connectivity index (χ1v) is 11.8. The lowest BCUT2D eigenvalue weighted by atomic mass is 10.3. The summed E-state index contributed by atoms with van der Waals surface area (Å²) in [6.07, 6.45) is 0. The van der Waals surface area contributed by atoms with E-state index in [1.807, 2.05) is 32.3 Å². The van der Waals surface area contributed by atoms with Crippen molar-refractivity contribution in [2.24, 2.45) is 0 Å². The molecule has 5 aromatic rings. The minimum absolute atomic E-state index is 0.115. The summed E-state index contributed by atoms with van der Waals surface area (Å²) in [5.74, 6) is 0.128. The summed E-state index contributed by atoms with van der Waals surface area (Å²) in [5, 5.41) is 16.8. The van der Waals surface area contributed by atoms with Crippen molar-refractivity contribution in [3.63, 3.8) is 0 Å². The number of benzene rings is 2. The zero-order chi connectivity index (χ0) is 23.7. The summed E-state index contributed by atoms with van der Waals surface area (Å²) in [6, 6.07) is 15.0. The van der Waals surface area contributed by atoms with E-state index in [1.165, 1.54) is 35.2 Å². The zero-order valence-electron chi connectivity index (χ0n) is 18.1. The van der Waals surface area contributed by atoms with Gasteiger partial charge >= 0.3 is 0 Å². The third-order valence-electron chi connectivity index (χ3n) is 4.50. The van der Waals surface area contributed by atoms with E-state index in [0.29, 0.717) is 21.7 Å². The SMILES string of the molecule is CN(C)CC(=O)Nc1nc2ccc(Sc3nnc4ccc(Oc5cccc(F)c5)nn34)cc2s1. The van der Waals surface area contributed by atoms with E-state index in [0.717, 1.165) is 15.1 Å². The van der Waals surface area contributed by atoms with Crippen LogP contribution >= 0.6 is 23.1 Å². The molecule has 172 valence electrons. The molecule has 0 aliphatic heterocycles. The number of ether oxygens (including phenoxy) is 1. The molecule has 0 radical (unpaired) electrons. The van der Waals surface area contributed by atoms with Gasteiger partial charge in [0.1, 0.15) is 11.6 Å². The van der Waals surface area contributed by atoms with E-state index in [-0.39, 0.29) is 18.3 Å². The van der Waals surface area contributed by atoms with Crippen LogP contribution in [-0.2, 0) is 4.79 Å². The fourth-order valence-corrected chi connectivity index (χ4v) is 4.92. The first kappa shape index (κ1) is 22.2. The first-order chi connectivity index (χ1) is 16.4. The number of hydrogen-bond donors (Lipinski definition) is 1. The van der Waals surface area contributed by atoms with Gasteiger partial charge in [-0.15, -0.1) is 15.3 Å². The number of amides is 1. The fourth-order valence-electron chi connectivity index (χ4n) is 3.09. The number of hydrogen-bond acceptors (Lipinski definition) is 9. The highest BCUT2D eigenvalue weighted by Crippen LogP contribution is 2.33. The third kappa shape index (κ3) is 4.98. The standard InChI is InChI=1S/C22H18FN7O2S2/c1-29(2)12-19(31)25-21-24-16-7-6-15(11-17(16)34-21)33-22-27-26-18-8-9-20(28-30(18)22)32-14-5-3-4-13(23)10-14/h3-11H,12H2,1-2H3,(H,24,25,31). The predicted octanol–water partition coefficient (Wildman–Crippen LogP) is 4.32. The smallest absolute Gasteiger partial charge is 0.240 e. The summed E-state index contributed by atoms with van der Waals surface area (Å²) in [7, 11) is 3.67. The Morgan fingerprint density at radius 1 is 1.18 bits per heavy atom. The Morgan fingerprint density at radius 2 is 2.06 bits per heavy atom. The van der Waals surface area contributed by atoms with Crippen LogP contribution in [0.4, 0.5) is 9.52 Å². The van der Waals surface area contributed by atoms with Crippen LogP contribution in [0, 0.1) is 5.82 Å². The number of fused-ring (bicyclic) bond motifs is 2. The molecule has 0 aliphatic rings. The summed E-state index contributed by atoms with van der Waals surface area (Å²) in [5.41, 5.74) is 1.35. The van der Waals surface area contributed by atoms with Crippen molar-refractivity contribution < 1.29 is 13.9 Å². The molecule has 0 spiro atoms. The average Bonchev–Trinajstić information content (AvgIpc) is 3.36. The lowest BCUT2D eigenvalue weighted by Gasteiger charge is -2.07. The van der Waals surface area contributed by atoms with Gasteiger partial charge in [-0.2, -0.15) is 4.52 Å².